The third-order valence-corrected chi connectivity index (χ3v) is 3.07. The fourth-order valence-electron chi connectivity index (χ4n) is 1.70. The lowest BCUT2D eigenvalue weighted by atomic mass is 10.1. The van der Waals surface area contributed by atoms with Crippen molar-refractivity contribution >= 4 is 23.2 Å². The van der Waals surface area contributed by atoms with Crippen LogP contribution in [0.5, 0.6) is 0 Å². The lowest BCUT2D eigenvalue weighted by Crippen LogP contribution is -2.22. The highest BCUT2D eigenvalue weighted by Crippen LogP contribution is 2.26. The predicted molar refractivity (Wildman–Crippen MR) is 62.9 cm³/mol. The summed E-state index contributed by atoms with van der Waals surface area (Å²) in [6, 6.07) is 1.81. The van der Waals surface area contributed by atoms with Crippen molar-refractivity contribution in [3.8, 4) is 0 Å². The van der Waals surface area contributed by atoms with Crippen molar-refractivity contribution in [2.24, 2.45) is 0 Å². The maximum absolute atomic E-state index is 5.89. The quantitative estimate of drug-likeness (QED) is 0.767. The molecule has 1 aliphatic heterocycles. The molecule has 16 heavy (non-hydrogen) atoms. The standard InChI is InChI=1S/C11H13Cl2NO2/c1-11(2)15-6-8(16-11)3-7-4-9(12)10(13)14-5-7/h4-5,8H,3,6H2,1-2H3. The third kappa shape index (κ3) is 2.86. The molecule has 2 heterocycles. The van der Waals surface area contributed by atoms with Crippen molar-refractivity contribution in [1.82, 2.24) is 4.98 Å². The highest BCUT2D eigenvalue weighted by molar-refractivity contribution is 6.41. The van der Waals surface area contributed by atoms with Crippen LogP contribution in [0.2, 0.25) is 10.2 Å². The van der Waals surface area contributed by atoms with Crippen LogP contribution in [0.3, 0.4) is 0 Å². The van der Waals surface area contributed by atoms with Gasteiger partial charge in [-0.25, -0.2) is 4.98 Å². The summed E-state index contributed by atoms with van der Waals surface area (Å²) in [5.41, 5.74) is 1.00. The van der Waals surface area contributed by atoms with E-state index in [4.69, 9.17) is 32.7 Å². The van der Waals surface area contributed by atoms with Crippen LogP contribution < -0.4 is 0 Å². The normalized spacial score (nSPS) is 23.6. The van der Waals surface area contributed by atoms with Crippen LogP contribution in [-0.2, 0) is 15.9 Å². The lowest BCUT2D eigenvalue weighted by molar-refractivity contribution is -0.138. The van der Waals surface area contributed by atoms with Gasteiger partial charge in [-0.15, -0.1) is 0 Å². The Morgan fingerprint density at radius 1 is 1.50 bits per heavy atom. The van der Waals surface area contributed by atoms with Crippen LogP contribution >= 0.6 is 23.2 Å². The Morgan fingerprint density at radius 2 is 2.25 bits per heavy atom. The molecule has 1 atom stereocenters. The molecule has 1 saturated heterocycles. The molecule has 0 aliphatic carbocycles. The van der Waals surface area contributed by atoms with Gasteiger partial charge in [-0.05, 0) is 25.5 Å². The Morgan fingerprint density at radius 3 is 2.81 bits per heavy atom. The Kier molecular flexibility index (Phi) is 3.40. The zero-order valence-electron chi connectivity index (χ0n) is 9.17. The van der Waals surface area contributed by atoms with Crippen molar-refractivity contribution in [2.75, 3.05) is 6.61 Å². The molecule has 0 spiro atoms. The predicted octanol–water partition coefficient (Wildman–Crippen LogP) is 3.08. The van der Waals surface area contributed by atoms with Gasteiger partial charge in [0.2, 0.25) is 0 Å². The van der Waals surface area contributed by atoms with Crippen LogP contribution in [-0.4, -0.2) is 23.5 Å². The first-order valence-corrected chi connectivity index (χ1v) is 5.83. The largest absolute Gasteiger partial charge is 0.348 e. The second kappa shape index (κ2) is 4.49. The summed E-state index contributed by atoms with van der Waals surface area (Å²) in [6.07, 6.45) is 2.49. The third-order valence-electron chi connectivity index (χ3n) is 2.38. The Labute approximate surface area is 105 Å². The maximum Gasteiger partial charge on any atom is 0.163 e. The molecule has 3 nitrogen and oxygen atoms in total. The highest BCUT2D eigenvalue weighted by Gasteiger charge is 2.32. The zero-order chi connectivity index (χ0) is 11.8. The van der Waals surface area contributed by atoms with E-state index < -0.39 is 5.79 Å². The van der Waals surface area contributed by atoms with Gasteiger partial charge in [0.05, 0.1) is 17.7 Å². The highest BCUT2D eigenvalue weighted by atomic mass is 35.5. The van der Waals surface area contributed by atoms with Crippen molar-refractivity contribution in [3.05, 3.63) is 28.0 Å². The fraction of sp³-hybridized carbons (Fsp3) is 0.545. The smallest absolute Gasteiger partial charge is 0.163 e. The van der Waals surface area contributed by atoms with Crippen molar-refractivity contribution in [2.45, 2.75) is 32.2 Å². The van der Waals surface area contributed by atoms with Gasteiger partial charge in [-0.3, -0.25) is 0 Å². The van der Waals surface area contributed by atoms with Gasteiger partial charge >= 0.3 is 0 Å². The first-order chi connectivity index (χ1) is 7.46. The minimum absolute atomic E-state index is 0.0500. The zero-order valence-corrected chi connectivity index (χ0v) is 10.7. The van der Waals surface area contributed by atoms with Crippen molar-refractivity contribution in [3.63, 3.8) is 0 Å². The topological polar surface area (TPSA) is 31.4 Å². The Hall–Kier alpha value is -0.350. The summed E-state index contributed by atoms with van der Waals surface area (Å²) in [7, 11) is 0. The molecule has 0 bridgehead atoms. The number of aromatic nitrogens is 1. The monoisotopic (exact) mass is 261 g/mol. The van der Waals surface area contributed by atoms with Gasteiger partial charge in [-0.1, -0.05) is 23.2 Å². The maximum atomic E-state index is 5.89. The molecule has 1 aliphatic rings. The molecule has 1 unspecified atom stereocenters. The summed E-state index contributed by atoms with van der Waals surface area (Å²) in [6.45, 7) is 4.40. The molecular weight excluding hydrogens is 249 g/mol. The molecule has 0 radical (unpaired) electrons. The minimum Gasteiger partial charge on any atom is -0.348 e. The van der Waals surface area contributed by atoms with Crippen molar-refractivity contribution in [1.29, 1.82) is 0 Å². The fourth-order valence-corrected chi connectivity index (χ4v) is 1.99. The Balaban J connectivity index is 2.02. The van der Waals surface area contributed by atoms with Gasteiger partial charge in [0.15, 0.2) is 5.79 Å². The molecule has 1 fully saturated rings. The summed E-state index contributed by atoms with van der Waals surface area (Å²) in [4.78, 5) is 3.99. The minimum atomic E-state index is -0.492. The van der Waals surface area contributed by atoms with Gasteiger partial charge in [0.1, 0.15) is 5.15 Å². The summed E-state index contributed by atoms with van der Waals surface area (Å²) in [5, 5.41) is 0.798. The number of halogens is 2. The molecule has 5 heteroatoms. The van der Waals surface area contributed by atoms with E-state index in [1.165, 1.54) is 0 Å². The number of ether oxygens (including phenoxy) is 2. The first-order valence-electron chi connectivity index (χ1n) is 5.08. The van der Waals surface area contributed by atoms with Gasteiger partial charge in [-0.2, -0.15) is 0 Å². The van der Waals surface area contributed by atoms with E-state index >= 15 is 0 Å². The van der Waals surface area contributed by atoms with E-state index in [0.717, 1.165) is 12.0 Å². The Bertz CT molecular complexity index is 396. The molecule has 0 aromatic carbocycles. The van der Waals surface area contributed by atoms with E-state index in [1.54, 1.807) is 6.20 Å². The van der Waals surface area contributed by atoms with Crippen LogP contribution in [0.1, 0.15) is 19.4 Å². The molecule has 1 aromatic heterocycles. The number of hydrogen-bond donors (Lipinski definition) is 0. The molecule has 1 aromatic rings. The molecule has 0 N–H and O–H groups in total. The molecule has 0 saturated carbocycles. The van der Waals surface area contributed by atoms with Crippen molar-refractivity contribution < 1.29 is 9.47 Å². The van der Waals surface area contributed by atoms with E-state index in [2.05, 4.69) is 4.98 Å². The summed E-state index contributed by atoms with van der Waals surface area (Å²) < 4.78 is 11.2. The van der Waals surface area contributed by atoms with Gasteiger partial charge < -0.3 is 9.47 Å². The molecule has 0 amide bonds. The van der Waals surface area contributed by atoms with Gasteiger partial charge in [0, 0.05) is 12.6 Å². The van der Waals surface area contributed by atoms with E-state index in [9.17, 15) is 0 Å². The average Bonchev–Trinajstić information content (AvgIpc) is 2.52. The number of pyridine rings is 1. The second-order valence-electron chi connectivity index (χ2n) is 4.27. The summed E-state index contributed by atoms with van der Waals surface area (Å²) in [5.74, 6) is -0.492. The average molecular weight is 262 g/mol. The van der Waals surface area contributed by atoms with E-state index in [0.29, 0.717) is 16.8 Å². The molecule has 2 rings (SSSR count). The first kappa shape index (κ1) is 12.1. The van der Waals surface area contributed by atoms with Crippen LogP contribution in [0.4, 0.5) is 0 Å². The molecular formula is C11H13Cl2NO2. The van der Waals surface area contributed by atoms with Crippen LogP contribution in [0.25, 0.3) is 0 Å². The molecule has 88 valence electrons. The second-order valence-corrected chi connectivity index (χ2v) is 5.04. The lowest BCUT2D eigenvalue weighted by Gasteiger charge is -2.17. The van der Waals surface area contributed by atoms with E-state index in [-0.39, 0.29) is 6.10 Å². The van der Waals surface area contributed by atoms with E-state index in [1.807, 2.05) is 19.9 Å². The summed E-state index contributed by atoms with van der Waals surface area (Å²) >= 11 is 11.6. The van der Waals surface area contributed by atoms with Gasteiger partial charge in [0.25, 0.3) is 0 Å². The number of nitrogens with zero attached hydrogens (tertiary/aromatic N) is 1. The SMILES string of the molecule is CC1(C)OCC(Cc2cnc(Cl)c(Cl)c2)O1. The van der Waals surface area contributed by atoms with Crippen LogP contribution in [0.15, 0.2) is 12.3 Å². The number of rotatable bonds is 2. The number of hydrogen-bond acceptors (Lipinski definition) is 3. The van der Waals surface area contributed by atoms with Crippen LogP contribution in [0, 0.1) is 0 Å².